The summed E-state index contributed by atoms with van der Waals surface area (Å²) in [6.07, 6.45) is 0.345. The van der Waals surface area contributed by atoms with E-state index < -0.39 is 0 Å². The number of hydrogen-bond acceptors (Lipinski definition) is 3. The van der Waals surface area contributed by atoms with Crippen molar-refractivity contribution in [2.75, 3.05) is 6.61 Å². The molecule has 0 spiro atoms. The lowest BCUT2D eigenvalue weighted by Crippen LogP contribution is -2.07. The zero-order valence-electron chi connectivity index (χ0n) is 10.7. The minimum atomic E-state index is -0.164. The number of rotatable bonds is 3. The van der Waals surface area contributed by atoms with Crippen molar-refractivity contribution >= 4 is 37.5 Å². The van der Waals surface area contributed by atoms with Crippen molar-refractivity contribution in [1.29, 1.82) is 0 Å². The third-order valence-electron chi connectivity index (χ3n) is 3.10. The Morgan fingerprint density at radius 3 is 2.74 bits per heavy atom. The molecule has 19 heavy (non-hydrogen) atoms. The van der Waals surface area contributed by atoms with Crippen molar-refractivity contribution in [3.63, 3.8) is 0 Å². The highest BCUT2D eigenvalue weighted by atomic mass is 32.1. The van der Waals surface area contributed by atoms with Crippen LogP contribution in [0.1, 0.15) is 12.5 Å². The van der Waals surface area contributed by atoms with Gasteiger partial charge in [-0.15, -0.1) is 11.3 Å². The van der Waals surface area contributed by atoms with Gasteiger partial charge < -0.3 is 4.74 Å². The normalized spacial score (nSPS) is 11.0. The Bertz CT molecular complexity index is 743. The number of carbonyl (C=O) groups is 1. The van der Waals surface area contributed by atoms with E-state index in [9.17, 15) is 4.79 Å². The van der Waals surface area contributed by atoms with E-state index in [1.807, 2.05) is 13.0 Å². The molecule has 0 N–H and O–H groups in total. The van der Waals surface area contributed by atoms with Crippen molar-refractivity contribution in [1.82, 2.24) is 0 Å². The van der Waals surface area contributed by atoms with Gasteiger partial charge in [-0.2, -0.15) is 0 Å². The lowest BCUT2D eigenvalue weighted by molar-refractivity contribution is -0.142. The molecule has 2 nitrogen and oxygen atoms in total. The van der Waals surface area contributed by atoms with Gasteiger partial charge in [-0.3, -0.25) is 4.79 Å². The molecule has 1 aromatic heterocycles. The second-order valence-electron chi connectivity index (χ2n) is 4.41. The number of benzene rings is 2. The van der Waals surface area contributed by atoms with E-state index in [0.29, 0.717) is 13.0 Å². The topological polar surface area (TPSA) is 26.3 Å². The highest BCUT2D eigenvalue weighted by molar-refractivity contribution is 7.25. The molecule has 0 aliphatic rings. The first-order chi connectivity index (χ1) is 9.28. The first-order valence-corrected chi connectivity index (χ1v) is 7.15. The zero-order valence-corrected chi connectivity index (χ0v) is 11.5. The fraction of sp³-hybridized carbons (Fsp3) is 0.188. The fourth-order valence-electron chi connectivity index (χ4n) is 2.26. The van der Waals surface area contributed by atoms with Crippen LogP contribution in [0.2, 0.25) is 0 Å². The minimum Gasteiger partial charge on any atom is -0.466 e. The fourth-order valence-corrected chi connectivity index (χ4v) is 3.43. The molecule has 1 heterocycles. The lowest BCUT2D eigenvalue weighted by Gasteiger charge is -2.02. The Balaban J connectivity index is 2.01. The van der Waals surface area contributed by atoms with E-state index in [4.69, 9.17) is 4.74 Å². The second-order valence-corrected chi connectivity index (χ2v) is 5.49. The number of carbonyl (C=O) groups excluding carboxylic acids is 1. The molecule has 3 rings (SSSR count). The molecule has 3 heteroatoms. The Morgan fingerprint density at radius 1 is 1.11 bits per heavy atom. The van der Waals surface area contributed by atoms with Crippen LogP contribution in [0.4, 0.5) is 0 Å². The van der Waals surface area contributed by atoms with Gasteiger partial charge in [0.1, 0.15) is 0 Å². The average molecular weight is 270 g/mol. The zero-order chi connectivity index (χ0) is 13.2. The average Bonchev–Trinajstić information content (AvgIpc) is 2.76. The predicted molar refractivity (Wildman–Crippen MR) is 79.7 cm³/mol. The Morgan fingerprint density at radius 2 is 1.89 bits per heavy atom. The van der Waals surface area contributed by atoms with E-state index in [-0.39, 0.29) is 5.97 Å². The van der Waals surface area contributed by atoms with Gasteiger partial charge >= 0.3 is 5.97 Å². The number of thiophene rings is 1. The summed E-state index contributed by atoms with van der Waals surface area (Å²) in [5, 5.41) is 2.54. The molecule has 0 fully saturated rings. The van der Waals surface area contributed by atoms with Crippen LogP contribution in [0.25, 0.3) is 20.2 Å². The van der Waals surface area contributed by atoms with E-state index in [1.54, 1.807) is 11.3 Å². The van der Waals surface area contributed by atoms with Crippen LogP contribution in [0.15, 0.2) is 42.5 Å². The number of ether oxygens (including phenoxy) is 1. The van der Waals surface area contributed by atoms with Crippen LogP contribution < -0.4 is 0 Å². The maximum atomic E-state index is 11.5. The molecule has 0 aliphatic carbocycles. The minimum absolute atomic E-state index is 0.164. The highest BCUT2D eigenvalue weighted by Crippen LogP contribution is 2.34. The van der Waals surface area contributed by atoms with Gasteiger partial charge in [-0.25, -0.2) is 0 Å². The summed E-state index contributed by atoms with van der Waals surface area (Å²) < 4.78 is 7.49. The smallest absolute Gasteiger partial charge is 0.310 e. The van der Waals surface area contributed by atoms with Crippen molar-refractivity contribution < 1.29 is 9.53 Å². The van der Waals surface area contributed by atoms with Crippen LogP contribution >= 0.6 is 11.3 Å². The maximum Gasteiger partial charge on any atom is 0.310 e. The van der Waals surface area contributed by atoms with Crippen LogP contribution in [0, 0.1) is 0 Å². The largest absolute Gasteiger partial charge is 0.466 e. The summed E-state index contributed by atoms with van der Waals surface area (Å²) >= 11 is 1.76. The van der Waals surface area contributed by atoms with Crippen molar-refractivity contribution in [3.05, 3.63) is 48.0 Å². The summed E-state index contributed by atoms with van der Waals surface area (Å²) in [6.45, 7) is 2.26. The van der Waals surface area contributed by atoms with E-state index >= 15 is 0 Å². The summed E-state index contributed by atoms with van der Waals surface area (Å²) in [4.78, 5) is 11.5. The van der Waals surface area contributed by atoms with Crippen LogP contribution in [-0.2, 0) is 16.0 Å². The first kappa shape index (κ1) is 12.2. The summed E-state index contributed by atoms with van der Waals surface area (Å²) in [6, 6.07) is 14.6. The van der Waals surface area contributed by atoms with Gasteiger partial charge in [0.25, 0.3) is 0 Å². The highest BCUT2D eigenvalue weighted by Gasteiger charge is 2.08. The predicted octanol–water partition coefficient (Wildman–Crippen LogP) is 4.16. The van der Waals surface area contributed by atoms with Crippen LogP contribution in [0.5, 0.6) is 0 Å². The van der Waals surface area contributed by atoms with Crippen molar-refractivity contribution in [2.45, 2.75) is 13.3 Å². The van der Waals surface area contributed by atoms with Gasteiger partial charge in [0, 0.05) is 20.2 Å². The molecule has 0 aliphatic heterocycles. The molecule has 2 aromatic carbocycles. The van der Waals surface area contributed by atoms with Gasteiger partial charge in [0.05, 0.1) is 13.0 Å². The summed E-state index contributed by atoms with van der Waals surface area (Å²) in [7, 11) is 0. The molecular weight excluding hydrogens is 256 g/mol. The SMILES string of the molecule is CCOC(=O)Cc1ccc2c(c1)sc1ccccc12. The van der Waals surface area contributed by atoms with Crippen molar-refractivity contribution in [2.24, 2.45) is 0 Å². The Labute approximate surface area is 115 Å². The van der Waals surface area contributed by atoms with Crippen LogP contribution in [0.3, 0.4) is 0 Å². The number of fused-ring (bicyclic) bond motifs is 3. The second kappa shape index (κ2) is 5.02. The Hall–Kier alpha value is -1.87. The van der Waals surface area contributed by atoms with Gasteiger partial charge in [0.2, 0.25) is 0 Å². The summed E-state index contributed by atoms with van der Waals surface area (Å²) in [5.74, 6) is -0.164. The molecule has 0 saturated heterocycles. The van der Waals surface area contributed by atoms with E-state index in [2.05, 4.69) is 36.4 Å². The molecule has 0 bridgehead atoms. The molecule has 0 atom stereocenters. The third-order valence-corrected chi connectivity index (χ3v) is 4.23. The summed E-state index contributed by atoms with van der Waals surface area (Å²) in [5.41, 5.74) is 1.01. The first-order valence-electron chi connectivity index (χ1n) is 6.33. The molecule has 0 saturated carbocycles. The number of esters is 1. The lowest BCUT2D eigenvalue weighted by atomic mass is 10.1. The Kier molecular flexibility index (Phi) is 3.22. The molecule has 3 aromatic rings. The van der Waals surface area contributed by atoms with Gasteiger partial charge in [-0.1, -0.05) is 30.3 Å². The van der Waals surface area contributed by atoms with E-state index in [1.165, 1.54) is 20.2 Å². The van der Waals surface area contributed by atoms with Gasteiger partial charge in [-0.05, 0) is 24.6 Å². The molecule has 0 amide bonds. The molecule has 0 radical (unpaired) electrons. The molecule has 0 unspecified atom stereocenters. The number of hydrogen-bond donors (Lipinski definition) is 0. The molecule has 96 valence electrons. The van der Waals surface area contributed by atoms with Crippen molar-refractivity contribution in [3.8, 4) is 0 Å². The maximum absolute atomic E-state index is 11.5. The van der Waals surface area contributed by atoms with E-state index in [0.717, 1.165) is 5.56 Å². The quantitative estimate of drug-likeness (QED) is 0.668. The standard InChI is InChI=1S/C16H14O2S/c1-2-18-16(17)10-11-7-8-13-12-5-3-4-6-14(12)19-15(13)9-11/h3-9H,2,10H2,1H3. The van der Waals surface area contributed by atoms with Crippen LogP contribution in [-0.4, -0.2) is 12.6 Å². The monoisotopic (exact) mass is 270 g/mol. The molecular formula is C16H14O2S. The third kappa shape index (κ3) is 2.34. The van der Waals surface area contributed by atoms with Gasteiger partial charge in [0.15, 0.2) is 0 Å².